The lowest BCUT2D eigenvalue weighted by Gasteiger charge is -2.16. The molecule has 0 rings (SSSR count). The predicted octanol–water partition coefficient (Wildman–Crippen LogP) is -0.256. The Morgan fingerprint density at radius 1 is 1.38 bits per heavy atom. The van der Waals surface area contributed by atoms with E-state index in [4.69, 9.17) is 4.74 Å². The average molecular weight is 232 g/mol. The molecule has 0 aliphatic rings. The third-order valence-corrected chi connectivity index (χ3v) is 2.23. The Bertz CT molecular complexity index is 198. The molecule has 96 valence electrons. The summed E-state index contributed by atoms with van der Waals surface area (Å²) in [4.78, 5) is 11.4. The van der Waals surface area contributed by atoms with Gasteiger partial charge < -0.3 is 20.5 Å². The molecule has 0 aromatic carbocycles. The highest BCUT2D eigenvalue weighted by Gasteiger charge is 2.10. The Labute approximate surface area is 97.6 Å². The van der Waals surface area contributed by atoms with Crippen molar-refractivity contribution in [2.75, 3.05) is 26.8 Å². The second kappa shape index (κ2) is 8.50. The van der Waals surface area contributed by atoms with Crippen molar-refractivity contribution >= 4 is 5.91 Å². The quantitative estimate of drug-likeness (QED) is 0.539. The van der Waals surface area contributed by atoms with Crippen LogP contribution in [-0.4, -0.2) is 50.0 Å². The van der Waals surface area contributed by atoms with E-state index in [0.29, 0.717) is 13.2 Å². The minimum absolute atomic E-state index is 0.00863. The van der Waals surface area contributed by atoms with Crippen molar-refractivity contribution in [1.29, 1.82) is 0 Å². The molecule has 0 aliphatic heterocycles. The number of hydrogen-bond donors (Lipinski definition) is 3. The predicted molar refractivity (Wildman–Crippen MR) is 63.2 cm³/mol. The maximum atomic E-state index is 11.4. The van der Waals surface area contributed by atoms with Gasteiger partial charge in [-0.2, -0.15) is 0 Å². The molecular formula is C11H24N2O3. The van der Waals surface area contributed by atoms with Gasteiger partial charge in [0.15, 0.2) is 0 Å². The van der Waals surface area contributed by atoms with Crippen molar-refractivity contribution < 1.29 is 14.6 Å². The fraction of sp³-hybridized carbons (Fsp3) is 0.909. The summed E-state index contributed by atoms with van der Waals surface area (Å²) in [6.45, 7) is 6.91. The molecule has 0 aromatic heterocycles. The second-order valence-electron chi connectivity index (χ2n) is 4.37. The van der Waals surface area contributed by atoms with E-state index < -0.39 is 6.10 Å². The molecule has 0 heterocycles. The monoisotopic (exact) mass is 232 g/mol. The number of nitrogens with one attached hydrogen (secondary N) is 2. The molecule has 0 aromatic rings. The number of carbonyl (C=O) groups excluding carboxylic acids is 1. The molecule has 1 amide bonds. The topological polar surface area (TPSA) is 70.6 Å². The molecule has 5 nitrogen and oxygen atoms in total. The van der Waals surface area contributed by atoms with Crippen molar-refractivity contribution in [3.8, 4) is 0 Å². The summed E-state index contributed by atoms with van der Waals surface area (Å²) in [5.74, 6) is 0.114. The summed E-state index contributed by atoms with van der Waals surface area (Å²) in [6, 6.07) is 0.00863. The Hall–Kier alpha value is -0.650. The van der Waals surface area contributed by atoms with Crippen LogP contribution < -0.4 is 10.6 Å². The van der Waals surface area contributed by atoms with E-state index in [-0.39, 0.29) is 24.4 Å². The van der Waals surface area contributed by atoms with E-state index in [1.54, 1.807) is 7.11 Å². The number of hydrogen-bond acceptors (Lipinski definition) is 4. The van der Waals surface area contributed by atoms with Crippen molar-refractivity contribution in [1.82, 2.24) is 10.6 Å². The lowest BCUT2D eigenvalue weighted by atomic mass is 10.1. The third kappa shape index (κ3) is 7.62. The van der Waals surface area contributed by atoms with Crippen LogP contribution in [0.2, 0.25) is 0 Å². The molecular weight excluding hydrogens is 208 g/mol. The van der Waals surface area contributed by atoms with Gasteiger partial charge in [0.05, 0.1) is 19.3 Å². The molecule has 0 saturated carbocycles. The van der Waals surface area contributed by atoms with Crippen molar-refractivity contribution in [2.24, 2.45) is 5.92 Å². The Morgan fingerprint density at radius 2 is 2.00 bits per heavy atom. The molecule has 0 spiro atoms. The van der Waals surface area contributed by atoms with Crippen LogP contribution in [0, 0.1) is 5.92 Å². The first-order valence-electron chi connectivity index (χ1n) is 5.64. The summed E-state index contributed by atoms with van der Waals surface area (Å²) < 4.78 is 4.90. The zero-order valence-corrected chi connectivity index (χ0v) is 10.6. The van der Waals surface area contributed by atoms with Gasteiger partial charge in [0.1, 0.15) is 0 Å². The van der Waals surface area contributed by atoms with Gasteiger partial charge in [-0.05, 0) is 12.8 Å². The van der Waals surface area contributed by atoms with E-state index in [9.17, 15) is 9.90 Å². The van der Waals surface area contributed by atoms with Crippen LogP contribution in [0.15, 0.2) is 0 Å². The molecule has 0 bridgehead atoms. The summed E-state index contributed by atoms with van der Waals surface area (Å²) in [7, 11) is 1.60. The minimum atomic E-state index is -0.413. The highest BCUT2D eigenvalue weighted by Crippen LogP contribution is 1.98. The van der Waals surface area contributed by atoms with Gasteiger partial charge in [0.2, 0.25) is 5.91 Å². The number of aliphatic hydroxyl groups is 1. The van der Waals surface area contributed by atoms with Crippen LogP contribution in [-0.2, 0) is 9.53 Å². The van der Waals surface area contributed by atoms with Gasteiger partial charge in [0, 0.05) is 19.7 Å². The van der Waals surface area contributed by atoms with Crippen molar-refractivity contribution in [2.45, 2.75) is 32.9 Å². The first-order chi connectivity index (χ1) is 7.47. The summed E-state index contributed by atoms with van der Waals surface area (Å²) in [6.07, 6.45) is -0.413. The standard InChI is InChI=1S/C11H24N2O3/c1-8(2)10(14)5-12-6-11(15)13-9(3)7-16-4/h8-10,12,14H,5-7H2,1-4H3,(H,13,15). The van der Waals surface area contributed by atoms with Crippen molar-refractivity contribution in [3.05, 3.63) is 0 Å². The maximum absolute atomic E-state index is 11.4. The third-order valence-electron chi connectivity index (χ3n) is 2.23. The first-order valence-corrected chi connectivity index (χ1v) is 5.64. The fourth-order valence-electron chi connectivity index (χ4n) is 1.19. The normalized spacial score (nSPS) is 14.9. The number of aliphatic hydroxyl groups excluding tert-OH is 1. The van der Waals surface area contributed by atoms with Gasteiger partial charge in [0.25, 0.3) is 0 Å². The SMILES string of the molecule is COCC(C)NC(=O)CNCC(O)C(C)C. The molecule has 5 heteroatoms. The largest absolute Gasteiger partial charge is 0.392 e. The lowest BCUT2D eigenvalue weighted by Crippen LogP contribution is -2.43. The van der Waals surface area contributed by atoms with Crippen molar-refractivity contribution in [3.63, 3.8) is 0 Å². The highest BCUT2D eigenvalue weighted by molar-refractivity contribution is 5.78. The Kier molecular flexibility index (Phi) is 8.15. The number of methoxy groups -OCH3 is 1. The van der Waals surface area contributed by atoms with Gasteiger partial charge in [-0.15, -0.1) is 0 Å². The smallest absolute Gasteiger partial charge is 0.234 e. The lowest BCUT2D eigenvalue weighted by molar-refractivity contribution is -0.121. The Morgan fingerprint density at radius 3 is 2.50 bits per heavy atom. The fourth-order valence-corrected chi connectivity index (χ4v) is 1.19. The summed E-state index contributed by atoms with van der Waals surface area (Å²) >= 11 is 0. The number of ether oxygens (including phenoxy) is 1. The summed E-state index contributed by atoms with van der Waals surface area (Å²) in [5, 5.41) is 15.2. The highest BCUT2D eigenvalue weighted by atomic mass is 16.5. The molecule has 0 fully saturated rings. The second-order valence-corrected chi connectivity index (χ2v) is 4.37. The molecule has 3 N–H and O–H groups in total. The van der Waals surface area contributed by atoms with Crippen LogP contribution in [0.1, 0.15) is 20.8 Å². The van der Waals surface area contributed by atoms with Gasteiger partial charge >= 0.3 is 0 Å². The molecule has 0 radical (unpaired) electrons. The molecule has 2 unspecified atom stereocenters. The minimum Gasteiger partial charge on any atom is -0.392 e. The molecule has 2 atom stereocenters. The van der Waals surface area contributed by atoms with E-state index in [0.717, 1.165) is 0 Å². The molecule has 0 saturated heterocycles. The zero-order chi connectivity index (χ0) is 12.6. The molecule has 0 aliphatic carbocycles. The molecule has 16 heavy (non-hydrogen) atoms. The van der Waals surface area contributed by atoms with E-state index in [1.165, 1.54) is 0 Å². The number of rotatable bonds is 8. The van der Waals surface area contributed by atoms with Gasteiger partial charge in [-0.3, -0.25) is 4.79 Å². The zero-order valence-electron chi connectivity index (χ0n) is 10.6. The van der Waals surface area contributed by atoms with E-state index in [1.807, 2.05) is 20.8 Å². The first kappa shape index (κ1) is 15.3. The van der Waals surface area contributed by atoms with Crippen LogP contribution in [0.5, 0.6) is 0 Å². The van der Waals surface area contributed by atoms with Gasteiger partial charge in [-0.1, -0.05) is 13.8 Å². The maximum Gasteiger partial charge on any atom is 0.234 e. The van der Waals surface area contributed by atoms with Crippen LogP contribution in [0.25, 0.3) is 0 Å². The number of amides is 1. The van der Waals surface area contributed by atoms with E-state index in [2.05, 4.69) is 10.6 Å². The Balaban J connectivity index is 3.58. The van der Waals surface area contributed by atoms with Crippen LogP contribution >= 0.6 is 0 Å². The van der Waals surface area contributed by atoms with Gasteiger partial charge in [-0.25, -0.2) is 0 Å². The summed E-state index contributed by atoms with van der Waals surface area (Å²) in [5.41, 5.74) is 0. The average Bonchev–Trinajstić information content (AvgIpc) is 2.17. The van der Waals surface area contributed by atoms with Crippen LogP contribution in [0.3, 0.4) is 0 Å². The number of carbonyl (C=O) groups is 1. The van der Waals surface area contributed by atoms with E-state index >= 15 is 0 Å². The van der Waals surface area contributed by atoms with Crippen LogP contribution in [0.4, 0.5) is 0 Å².